The van der Waals surface area contributed by atoms with Crippen molar-refractivity contribution in [2.24, 2.45) is 11.8 Å². The van der Waals surface area contributed by atoms with Crippen LogP contribution in [0.3, 0.4) is 0 Å². The maximum atomic E-state index is 12.0. The molecule has 1 aliphatic carbocycles. The van der Waals surface area contributed by atoms with Crippen LogP contribution in [0.5, 0.6) is 0 Å². The Hall–Kier alpha value is -1.88. The Kier molecular flexibility index (Phi) is 4.20. The molecule has 5 nitrogen and oxygen atoms in total. The summed E-state index contributed by atoms with van der Waals surface area (Å²) in [6, 6.07) is 7.67. The van der Waals surface area contributed by atoms with Crippen molar-refractivity contribution < 1.29 is 9.59 Å². The summed E-state index contributed by atoms with van der Waals surface area (Å²) in [4.78, 5) is 23.7. The maximum Gasteiger partial charge on any atom is 0.227 e. The third-order valence-corrected chi connectivity index (χ3v) is 4.04. The van der Waals surface area contributed by atoms with E-state index < -0.39 is 0 Å². The molecule has 3 N–H and O–H groups in total. The fourth-order valence-electron chi connectivity index (χ4n) is 2.56. The van der Waals surface area contributed by atoms with Crippen LogP contribution < -0.4 is 16.0 Å². The monoisotopic (exact) mass is 287 g/mol. The van der Waals surface area contributed by atoms with Gasteiger partial charge < -0.3 is 16.0 Å². The first kappa shape index (κ1) is 14.1. The smallest absolute Gasteiger partial charge is 0.227 e. The molecule has 2 fully saturated rings. The highest BCUT2D eigenvalue weighted by Crippen LogP contribution is 2.30. The summed E-state index contributed by atoms with van der Waals surface area (Å²) >= 11 is 0. The van der Waals surface area contributed by atoms with Gasteiger partial charge in [-0.3, -0.25) is 9.59 Å². The molecule has 1 saturated carbocycles. The Bertz CT molecular complexity index is 534. The zero-order valence-electron chi connectivity index (χ0n) is 12.0. The van der Waals surface area contributed by atoms with E-state index in [0.717, 1.165) is 43.6 Å². The standard InChI is InChI=1S/C16H21N3O2/c20-15(13-6-7-17-10-13)18-9-11-2-1-3-14(8-11)19-16(21)12-4-5-12/h1-3,8,12-13,17H,4-7,9-10H2,(H,18,20)(H,19,21). The van der Waals surface area contributed by atoms with Crippen LogP contribution in [0.15, 0.2) is 24.3 Å². The Labute approximate surface area is 124 Å². The van der Waals surface area contributed by atoms with Crippen LogP contribution in [0.25, 0.3) is 0 Å². The molecule has 3 rings (SSSR count). The van der Waals surface area contributed by atoms with Crippen LogP contribution >= 0.6 is 0 Å². The second kappa shape index (κ2) is 6.26. The lowest BCUT2D eigenvalue weighted by atomic mass is 10.1. The molecule has 2 aliphatic rings. The second-order valence-corrected chi connectivity index (χ2v) is 5.87. The van der Waals surface area contributed by atoms with Crippen molar-refractivity contribution in [1.29, 1.82) is 0 Å². The minimum absolute atomic E-state index is 0.0859. The Morgan fingerprint density at radius 2 is 2.00 bits per heavy atom. The van der Waals surface area contributed by atoms with Gasteiger partial charge in [0.05, 0.1) is 5.92 Å². The van der Waals surface area contributed by atoms with E-state index in [4.69, 9.17) is 0 Å². The van der Waals surface area contributed by atoms with Crippen molar-refractivity contribution in [2.45, 2.75) is 25.8 Å². The van der Waals surface area contributed by atoms with E-state index in [9.17, 15) is 9.59 Å². The van der Waals surface area contributed by atoms with Gasteiger partial charge in [-0.25, -0.2) is 0 Å². The van der Waals surface area contributed by atoms with E-state index in [1.807, 2.05) is 24.3 Å². The summed E-state index contributed by atoms with van der Waals surface area (Å²) in [5, 5.41) is 9.08. The normalized spacial score (nSPS) is 21.0. The molecule has 112 valence electrons. The average Bonchev–Trinajstić information content (AvgIpc) is 3.20. The number of carbonyl (C=O) groups excluding carboxylic acids is 2. The van der Waals surface area contributed by atoms with Crippen molar-refractivity contribution in [2.75, 3.05) is 18.4 Å². The molecule has 1 unspecified atom stereocenters. The maximum absolute atomic E-state index is 12.0. The van der Waals surface area contributed by atoms with Gasteiger partial charge in [0.1, 0.15) is 0 Å². The number of amides is 2. The lowest BCUT2D eigenvalue weighted by molar-refractivity contribution is -0.124. The highest BCUT2D eigenvalue weighted by atomic mass is 16.2. The summed E-state index contributed by atoms with van der Waals surface area (Å²) in [5.74, 6) is 0.492. The van der Waals surface area contributed by atoms with Crippen molar-refractivity contribution >= 4 is 17.5 Å². The highest BCUT2D eigenvalue weighted by molar-refractivity contribution is 5.94. The van der Waals surface area contributed by atoms with Gasteiger partial charge in [-0.2, -0.15) is 0 Å². The molecule has 21 heavy (non-hydrogen) atoms. The van der Waals surface area contributed by atoms with Gasteiger partial charge >= 0.3 is 0 Å². The summed E-state index contributed by atoms with van der Waals surface area (Å²) in [6.45, 7) is 2.19. The molecule has 0 radical (unpaired) electrons. The zero-order chi connectivity index (χ0) is 14.7. The van der Waals surface area contributed by atoms with Crippen molar-refractivity contribution in [3.05, 3.63) is 29.8 Å². The van der Waals surface area contributed by atoms with E-state index in [0.29, 0.717) is 6.54 Å². The van der Waals surface area contributed by atoms with Gasteiger partial charge in [-0.05, 0) is 43.5 Å². The molecule has 1 aromatic carbocycles. The lowest BCUT2D eigenvalue weighted by Gasteiger charge is -2.11. The van der Waals surface area contributed by atoms with Crippen LogP contribution in [0.1, 0.15) is 24.8 Å². The molecule has 0 spiro atoms. The molecule has 1 atom stereocenters. The molecule has 2 amide bonds. The van der Waals surface area contributed by atoms with E-state index in [-0.39, 0.29) is 23.7 Å². The van der Waals surface area contributed by atoms with E-state index >= 15 is 0 Å². The van der Waals surface area contributed by atoms with Gasteiger partial charge in [0, 0.05) is 24.7 Å². The van der Waals surface area contributed by atoms with Crippen LogP contribution in [0, 0.1) is 11.8 Å². The minimum atomic E-state index is 0.0859. The van der Waals surface area contributed by atoms with Gasteiger partial charge in [0.25, 0.3) is 0 Å². The third-order valence-electron chi connectivity index (χ3n) is 4.04. The molecule has 1 heterocycles. The van der Waals surface area contributed by atoms with E-state index in [1.165, 1.54) is 0 Å². The predicted molar refractivity (Wildman–Crippen MR) is 80.6 cm³/mol. The number of anilines is 1. The van der Waals surface area contributed by atoms with Gasteiger partial charge in [0.2, 0.25) is 11.8 Å². The van der Waals surface area contributed by atoms with Crippen molar-refractivity contribution in [1.82, 2.24) is 10.6 Å². The van der Waals surface area contributed by atoms with E-state index in [1.54, 1.807) is 0 Å². The first-order valence-corrected chi connectivity index (χ1v) is 7.60. The summed E-state index contributed by atoms with van der Waals surface area (Å²) < 4.78 is 0. The van der Waals surface area contributed by atoms with Crippen LogP contribution in [-0.4, -0.2) is 24.9 Å². The molecular weight excluding hydrogens is 266 g/mol. The Morgan fingerprint density at radius 1 is 1.14 bits per heavy atom. The zero-order valence-corrected chi connectivity index (χ0v) is 12.0. The predicted octanol–water partition coefficient (Wildman–Crippen LogP) is 1.26. The summed E-state index contributed by atoms with van der Waals surface area (Å²) in [5.41, 5.74) is 1.81. The summed E-state index contributed by atoms with van der Waals surface area (Å²) in [7, 11) is 0. The number of hydrogen-bond acceptors (Lipinski definition) is 3. The minimum Gasteiger partial charge on any atom is -0.352 e. The SMILES string of the molecule is O=C(NCc1cccc(NC(=O)C2CC2)c1)C1CCNC1. The highest BCUT2D eigenvalue weighted by Gasteiger charge is 2.29. The number of carbonyl (C=O) groups is 2. The Morgan fingerprint density at radius 3 is 2.71 bits per heavy atom. The third kappa shape index (κ3) is 3.82. The molecule has 0 bridgehead atoms. The largest absolute Gasteiger partial charge is 0.352 e. The molecule has 0 aromatic heterocycles. The van der Waals surface area contributed by atoms with E-state index in [2.05, 4.69) is 16.0 Å². The first-order valence-electron chi connectivity index (χ1n) is 7.60. The number of benzene rings is 1. The number of rotatable bonds is 5. The topological polar surface area (TPSA) is 70.2 Å². The number of nitrogens with one attached hydrogen (secondary N) is 3. The van der Waals surface area contributed by atoms with Crippen LogP contribution in [-0.2, 0) is 16.1 Å². The van der Waals surface area contributed by atoms with Crippen LogP contribution in [0.4, 0.5) is 5.69 Å². The quantitative estimate of drug-likeness (QED) is 0.763. The first-order chi connectivity index (χ1) is 10.2. The molecule has 1 aliphatic heterocycles. The van der Waals surface area contributed by atoms with Crippen LogP contribution in [0.2, 0.25) is 0 Å². The molecule has 1 aromatic rings. The average molecular weight is 287 g/mol. The fourth-order valence-corrected chi connectivity index (χ4v) is 2.56. The number of hydrogen-bond donors (Lipinski definition) is 3. The van der Waals surface area contributed by atoms with Gasteiger partial charge in [-0.1, -0.05) is 12.1 Å². The summed E-state index contributed by atoms with van der Waals surface area (Å²) in [6.07, 6.45) is 2.90. The lowest BCUT2D eigenvalue weighted by Crippen LogP contribution is -2.31. The fraction of sp³-hybridized carbons (Fsp3) is 0.500. The van der Waals surface area contributed by atoms with Gasteiger partial charge in [0.15, 0.2) is 0 Å². The Balaban J connectivity index is 1.52. The molecule has 5 heteroatoms. The molecular formula is C16H21N3O2. The molecule has 1 saturated heterocycles. The van der Waals surface area contributed by atoms with Crippen molar-refractivity contribution in [3.8, 4) is 0 Å². The second-order valence-electron chi connectivity index (χ2n) is 5.87. The van der Waals surface area contributed by atoms with Gasteiger partial charge in [-0.15, -0.1) is 0 Å². The van der Waals surface area contributed by atoms with Crippen molar-refractivity contribution in [3.63, 3.8) is 0 Å².